The smallest absolute Gasteiger partial charge is 0.118 e. The molecule has 1 N–H and O–H groups in total. The average molecular weight is 338 g/mol. The summed E-state index contributed by atoms with van der Waals surface area (Å²) in [5.41, 5.74) is 2.00. The summed E-state index contributed by atoms with van der Waals surface area (Å²) in [5, 5.41) is 2.92. The van der Waals surface area contributed by atoms with Gasteiger partial charge in [0.05, 0.1) is 28.9 Å². The number of thiazole rings is 1. The van der Waals surface area contributed by atoms with Gasteiger partial charge < -0.3 is 4.74 Å². The highest BCUT2D eigenvalue weighted by Crippen LogP contribution is 2.28. The van der Waals surface area contributed by atoms with Crippen LogP contribution in [-0.2, 0) is 11.0 Å². The van der Waals surface area contributed by atoms with E-state index in [1.165, 1.54) is 0 Å². The van der Waals surface area contributed by atoms with Crippen LogP contribution in [0.25, 0.3) is 0 Å². The number of nitrogens with one attached hydrogen (secondary N) is 1. The summed E-state index contributed by atoms with van der Waals surface area (Å²) in [6.45, 7) is 7.82. The van der Waals surface area contributed by atoms with Crippen LogP contribution >= 0.6 is 11.3 Å². The lowest BCUT2D eigenvalue weighted by molar-refractivity contribution is 0.414. The number of aromatic nitrogens is 1. The molecule has 22 heavy (non-hydrogen) atoms. The zero-order valence-corrected chi connectivity index (χ0v) is 15.2. The Labute approximate surface area is 138 Å². The molecule has 1 aromatic carbocycles. The number of methoxy groups -OCH3 is 1. The second-order valence-electron chi connectivity index (χ2n) is 6.03. The summed E-state index contributed by atoms with van der Waals surface area (Å²) in [7, 11) is 0.462. The molecule has 0 saturated heterocycles. The number of aryl methyl sites for hydroxylation is 1. The molecule has 0 aliphatic carbocycles. The minimum absolute atomic E-state index is 0.190. The van der Waals surface area contributed by atoms with Gasteiger partial charge in [0, 0.05) is 11.1 Å². The molecule has 2 atom stereocenters. The van der Waals surface area contributed by atoms with Crippen molar-refractivity contribution >= 4 is 22.3 Å². The van der Waals surface area contributed by atoms with Crippen LogP contribution in [0.15, 0.2) is 29.6 Å². The molecular formula is C16H22N2O2S2. The van der Waals surface area contributed by atoms with Crippen molar-refractivity contribution in [3.63, 3.8) is 0 Å². The monoisotopic (exact) mass is 338 g/mol. The Bertz CT molecular complexity index is 645. The molecule has 1 aromatic heterocycles. The molecule has 2 aromatic rings. The van der Waals surface area contributed by atoms with Crippen LogP contribution in [0, 0.1) is 6.92 Å². The first-order chi connectivity index (χ1) is 10.3. The van der Waals surface area contributed by atoms with Crippen LogP contribution in [0.2, 0.25) is 0 Å². The molecule has 0 fully saturated rings. The van der Waals surface area contributed by atoms with E-state index in [2.05, 4.69) is 9.71 Å². The summed E-state index contributed by atoms with van der Waals surface area (Å²) in [6.07, 6.45) is 0. The van der Waals surface area contributed by atoms with E-state index >= 15 is 0 Å². The minimum atomic E-state index is -1.18. The summed E-state index contributed by atoms with van der Waals surface area (Å²) in [4.78, 5) is 4.56. The molecule has 6 heteroatoms. The SMILES string of the molecule is COc1ccc(C(N[S@](=O)C(C)(C)C)c2nc(C)cs2)cc1. The van der Waals surface area contributed by atoms with Crippen molar-refractivity contribution in [2.45, 2.75) is 38.5 Å². The van der Waals surface area contributed by atoms with Crippen LogP contribution in [0.3, 0.4) is 0 Å². The Hall–Kier alpha value is -1.24. The Morgan fingerprint density at radius 1 is 1.27 bits per heavy atom. The number of hydrogen-bond donors (Lipinski definition) is 1. The predicted molar refractivity (Wildman–Crippen MR) is 92.7 cm³/mol. The highest BCUT2D eigenvalue weighted by molar-refractivity contribution is 7.84. The van der Waals surface area contributed by atoms with E-state index in [1.807, 2.05) is 57.3 Å². The van der Waals surface area contributed by atoms with Crippen molar-refractivity contribution in [1.82, 2.24) is 9.71 Å². The van der Waals surface area contributed by atoms with Crippen molar-refractivity contribution in [2.75, 3.05) is 7.11 Å². The number of hydrogen-bond acceptors (Lipinski definition) is 4. The van der Waals surface area contributed by atoms with E-state index in [0.29, 0.717) is 0 Å². The van der Waals surface area contributed by atoms with E-state index in [4.69, 9.17) is 4.74 Å². The third-order valence-electron chi connectivity index (χ3n) is 3.11. The predicted octanol–water partition coefficient (Wildman–Crippen LogP) is 3.60. The normalized spacial score (nSPS) is 14.6. The first-order valence-electron chi connectivity index (χ1n) is 7.05. The number of rotatable bonds is 5. The minimum Gasteiger partial charge on any atom is -0.497 e. The summed E-state index contributed by atoms with van der Waals surface area (Å²) in [5.74, 6) is 0.801. The van der Waals surface area contributed by atoms with Crippen LogP contribution < -0.4 is 9.46 Å². The molecule has 2 rings (SSSR count). The van der Waals surface area contributed by atoms with Crippen LogP contribution in [0.5, 0.6) is 5.75 Å². The fourth-order valence-corrected chi connectivity index (χ4v) is 3.61. The third-order valence-corrected chi connectivity index (χ3v) is 5.70. The van der Waals surface area contributed by atoms with E-state index < -0.39 is 11.0 Å². The molecule has 0 radical (unpaired) electrons. The zero-order valence-electron chi connectivity index (χ0n) is 13.5. The van der Waals surface area contributed by atoms with Crippen molar-refractivity contribution < 1.29 is 8.95 Å². The standard InChI is InChI=1S/C16H22N2O2S2/c1-11-10-21-15(17-11)14(18-22(19)16(2,3)4)12-6-8-13(20-5)9-7-12/h6-10,14,18H,1-5H3/t14?,22-/m1/s1. The highest BCUT2D eigenvalue weighted by atomic mass is 32.2. The summed E-state index contributed by atoms with van der Waals surface area (Å²) in [6, 6.07) is 7.58. The first-order valence-corrected chi connectivity index (χ1v) is 9.08. The van der Waals surface area contributed by atoms with Gasteiger partial charge in [0.2, 0.25) is 0 Å². The van der Waals surface area contributed by atoms with Crippen molar-refractivity contribution in [3.8, 4) is 5.75 Å². The molecule has 0 bridgehead atoms. The Morgan fingerprint density at radius 2 is 1.91 bits per heavy atom. The molecule has 0 amide bonds. The van der Waals surface area contributed by atoms with Gasteiger partial charge in [-0.3, -0.25) is 0 Å². The lowest BCUT2D eigenvalue weighted by Gasteiger charge is -2.23. The highest BCUT2D eigenvalue weighted by Gasteiger charge is 2.26. The van der Waals surface area contributed by atoms with Gasteiger partial charge >= 0.3 is 0 Å². The van der Waals surface area contributed by atoms with Gasteiger partial charge in [-0.2, -0.15) is 0 Å². The van der Waals surface area contributed by atoms with E-state index in [-0.39, 0.29) is 10.8 Å². The summed E-state index contributed by atoms with van der Waals surface area (Å²) < 4.78 is 20.6. The van der Waals surface area contributed by atoms with E-state index in [0.717, 1.165) is 22.0 Å². The lowest BCUT2D eigenvalue weighted by Crippen LogP contribution is -2.36. The number of ether oxygens (including phenoxy) is 1. The van der Waals surface area contributed by atoms with Crippen molar-refractivity contribution in [1.29, 1.82) is 0 Å². The molecule has 120 valence electrons. The lowest BCUT2D eigenvalue weighted by atomic mass is 10.1. The Morgan fingerprint density at radius 3 is 2.36 bits per heavy atom. The van der Waals surface area contributed by atoms with Crippen molar-refractivity contribution in [2.24, 2.45) is 0 Å². The number of benzene rings is 1. The Kier molecular flexibility index (Phi) is 5.36. The third kappa shape index (κ3) is 4.15. The molecular weight excluding hydrogens is 316 g/mol. The topological polar surface area (TPSA) is 51.2 Å². The van der Waals surface area contributed by atoms with Crippen LogP contribution in [-0.4, -0.2) is 21.0 Å². The fourth-order valence-electron chi connectivity index (χ4n) is 1.85. The maximum absolute atomic E-state index is 12.5. The molecule has 4 nitrogen and oxygen atoms in total. The fraction of sp³-hybridized carbons (Fsp3) is 0.438. The van der Waals surface area contributed by atoms with Gasteiger partial charge in [-0.25, -0.2) is 13.9 Å². The maximum Gasteiger partial charge on any atom is 0.118 e. The molecule has 1 heterocycles. The van der Waals surface area contributed by atoms with Gasteiger partial charge in [-0.1, -0.05) is 12.1 Å². The van der Waals surface area contributed by atoms with Crippen molar-refractivity contribution in [3.05, 3.63) is 45.9 Å². The zero-order chi connectivity index (χ0) is 16.3. The van der Waals surface area contributed by atoms with E-state index in [1.54, 1.807) is 18.4 Å². The molecule has 0 saturated carbocycles. The van der Waals surface area contributed by atoms with Crippen LogP contribution in [0.4, 0.5) is 0 Å². The first kappa shape index (κ1) is 17.1. The second-order valence-corrected chi connectivity index (χ2v) is 8.92. The molecule has 0 aliphatic rings. The van der Waals surface area contributed by atoms with Gasteiger partial charge in [-0.05, 0) is 45.4 Å². The maximum atomic E-state index is 12.5. The van der Waals surface area contributed by atoms with E-state index in [9.17, 15) is 4.21 Å². The summed E-state index contributed by atoms with van der Waals surface area (Å²) >= 11 is 1.58. The number of nitrogens with zero attached hydrogens (tertiary/aromatic N) is 1. The quantitative estimate of drug-likeness (QED) is 0.906. The molecule has 0 aliphatic heterocycles. The Balaban J connectivity index is 2.34. The van der Waals surface area contributed by atoms with Gasteiger partial charge in [0.1, 0.15) is 10.8 Å². The molecule has 0 spiro atoms. The van der Waals surface area contributed by atoms with Crippen LogP contribution in [0.1, 0.15) is 43.1 Å². The second kappa shape index (κ2) is 6.89. The largest absolute Gasteiger partial charge is 0.497 e. The van der Waals surface area contributed by atoms with Gasteiger partial charge in [0.15, 0.2) is 0 Å². The average Bonchev–Trinajstić information content (AvgIpc) is 2.90. The van der Waals surface area contributed by atoms with Gasteiger partial charge in [-0.15, -0.1) is 11.3 Å². The van der Waals surface area contributed by atoms with Gasteiger partial charge in [0.25, 0.3) is 0 Å². The molecule has 1 unspecified atom stereocenters.